The van der Waals surface area contributed by atoms with Crippen molar-refractivity contribution in [2.45, 2.75) is 52.1 Å². The Labute approximate surface area is 146 Å². The number of aromatic nitrogens is 5. The molecule has 0 N–H and O–H groups in total. The van der Waals surface area contributed by atoms with Crippen LogP contribution in [0.5, 0.6) is 0 Å². The summed E-state index contributed by atoms with van der Waals surface area (Å²) >= 11 is 0. The summed E-state index contributed by atoms with van der Waals surface area (Å²) in [5.74, 6) is 0. The van der Waals surface area contributed by atoms with Crippen molar-refractivity contribution in [3.8, 4) is 5.69 Å². The van der Waals surface area contributed by atoms with Gasteiger partial charge in [0.1, 0.15) is 6.33 Å². The number of rotatable bonds is 4. The van der Waals surface area contributed by atoms with Gasteiger partial charge in [0.05, 0.1) is 24.0 Å². The smallest absolute Gasteiger partial charge is 0.269 e. The summed E-state index contributed by atoms with van der Waals surface area (Å²) in [6.45, 7) is 4.51. The van der Waals surface area contributed by atoms with Gasteiger partial charge in [-0.1, -0.05) is 25.0 Å². The van der Waals surface area contributed by atoms with E-state index in [1.54, 1.807) is 11.0 Å². The van der Waals surface area contributed by atoms with Crippen LogP contribution in [-0.2, 0) is 6.54 Å². The van der Waals surface area contributed by atoms with Crippen LogP contribution in [0, 0.1) is 13.8 Å². The molecule has 0 saturated heterocycles. The van der Waals surface area contributed by atoms with Crippen molar-refractivity contribution in [3.05, 3.63) is 64.1 Å². The summed E-state index contributed by atoms with van der Waals surface area (Å²) in [5.41, 5.74) is 3.87. The Morgan fingerprint density at radius 3 is 2.76 bits per heavy atom. The molecule has 3 aromatic rings. The van der Waals surface area contributed by atoms with Crippen molar-refractivity contribution in [2.75, 3.05) is 0 Å². The van der Waals surface area contributed by atoms with Crippen molar-refractivity contribution in [3.63, 3.8) is 0 Å². The lowest BCUT2D eigenvalue weighted by Crippen LogP contribution is -2.24. The summed E-state index contributed by atoms with van der Waals surface area (Å²) < 4.78 is 5.54. The molecule has 1 saturated carbocycles. The second kappa shape index (κ2) is 6.35. The van der Waals surface area contributed by atoms with Crippen LogP contribution in [0.3, 0.4) is 0 Å². The zero-order valence-corrected chi connectivity index (χ0v) is 14.7. The Kier molecular flexibility index (Phi) is 4.03. The Bertz CT molecular complexity index is 943. The van der Waals surface area contributed by atoms with Crippen LogP contribution >= 0.6 is 0 Å². The first-order valence-corrected chi connectivity index (χ1v) is 8.88. The van der Waals surface area contributed by atoms with Gasteiger partial charge in [0, 0.05) is 6.20 Å². The first-order chi connectivity index (χ1) is 12.1. The Balaban J connectivity index is 1.66. The van der Waals surface area contributed by atoms with E-state index in [4.69, 9.17) is 5.10 Å². The predicted molar refractivity (Wildman–Crippen MR) is 96.1 cm³/mol. The monoisotopic (exact) mass is 337 g/mol. The fraction of sp³-hybridized carbons (Fsp3) is 0.421. The molecule has 1 aliphatic rings. The van der Waals surface area contributed by atoms with Gasteiger partial charge in [-0.15, -0.1) is 0 Å². The van der Waals surface area contributed by atoms with Crippen LogP contribution in [0.1, 0.15) is 48.5 Å². The first-order valence-electron chi connectivity index (χ1n) is 8.88. The zero-order chi connectivity index (χ0) is 17.4. The van der Waals surface area contributed by atoms with E-state index in [1.165, 1.54) is 25.7 Å². The fourth-order valence-electron chi connectivity index (χ4n) is 3.61. The topological polar surface area (TPSA) is 57.6 Å². The molecule has 4 rings (SSSR count). The van der Waals surface area contributed by atoms with Gasteiger partial charge in [0.25, 0.3) is 0 Å². The van der Waals surface area contributed by atoms with E-state index in [0.717, 1.165) is 22.5 Å². The van der Waals surface area contributed by atoms with Gasteiger partial charge >= 0.3 is 5.69 Å². The molecule has 1 aromatic carbocycles. The molecule has 6 nitrogen and oxygen atoms in total. The molecule has 0 atom stereocenters. The number of benzene rings is 1. The molecule has 1 aliphatic carbocycles. The van der Waals surface area contributed by atoms with Crippen LogP contribution in [0.15, 0.2) is 41.6 Å². The highest BCUT2D eigenvalue weighted by Crippen LogP contribution is 2.28. The summed E-state index contributed by atoms with van der Waals surface area (Å²) in [6.07, 6.45) is 8.58. The zero-order valence-electron chi connectivity index (χ0n) is 14.7. The largest absolute Gasteiger partial charge is 0.364 e. The lowest BCUT2D eigenvalue weighted by molar-refractivity contribution is 0.458. The van der Waals surface area contributed by atoms with Crippen molar-refractivity contribution < 1.29 is 0 Å². The van der Waals surface area contributed by atoms with Gasteiger partial charge in [0.2, 0.25) is 0 Å². The van der Waals surface area contributed by atoms with E-state index in [1.807, 2.05) is 30.8 Å². The molecule has 130 valence electrons. The minimum absolute atomic E-state index is 0.253. The average molecular weight is 337 g/mol. The molecule has 25 heavy (non-hydrogen) atoms. The molecular formula is C19H23N5O. The molecule has 0 aliphatic heterocycles. The van der Waals surface area contributed by atoms with Gasteiger partial charge < -0.3 is 0 Å². The second-order valence-corrected chi connectivity index (χ2v) is 6.94. The third-order valence-electron chi connectivity index (χ3n) is 5.04. The lowest BCUT2D eigenvalue weighted by atomic mass is 10.1. The minimum Gasteiger partial charge on any atom is -0.269 e. The molecule has 0 radical (unpaired) electrons. The van der Waals surface area contributed by atoms with Crippen LogP contribution in [0.4, 0.5) is 0 Å². The third-order valence-corrected chi connectivity index (χ3v) is 5.04. The molecule has 0 spiro atoms. The molecule has 0 bridgehead atoms. The average Bonchev–Trinajstić information content (AvgIpc) is 3.32. The van der Waals surface area contributed by atoms with Crippen molar-refractivity contribution in [1.29, 1.82) is 0 Å². The van der Waals surface area contributed by atoms with Crippen LogP contribution in [0.2, 0.25) is 0 Å². The van der Waals surface area contributed by atoms with Crippen LogP contribution in [-0.4, -0.2) is 24.1 Å². The summed E-state index contributed by atoms with van der Waals surface area (Å²) in [5, 5.41) is 4.70. The van der Waals surface area contributed by atoms with Crippen LogP contribution in [0.25, 0.3) is 5.69 Å². The van der Waals surface area contributed by atoms with E-state index in [2.05, 4.69) is 27.9 Å². The Hall–Kier alpha value is -2.63. The molecule has 0 amide bonds. The normalized spacial score (nSPS) is 15.1. The van der Waals surface area contributed by atoms with E-state index in [-0.39, 0.29) is 5.69 Å². The van der Waals surface area contributed by atoms with Gasteiger partial charge in [-0.05, 0) is 49.9 Å². The third kappa shape index (κ3) is 3.04. The first kappa shape index (κ1) is 15.9. The molecule has 6 heteroatoms. The van der Waals surface area contributed by atoms with E-state index >= 15 is 0 Å². The van der Waals surface area contributed by atoms with Crippen molar-refractivity contribution >= 4 is 0 Å². The van der Waals surface area contributed by atoms with Gasteiger partial charge in [0.15, 0.2) is 0 Å². The van der Waals surface area contributed by atoms with E-state index in [9.17, 15) is 4.79 Å². The molecule has 2 aromatic heterocycles. The van der Waals surface area contributed by atoms with Crippen molar-refractivity contribution in [1.82, 2.24) is 24.1 Å². The van der Waals surface area contributed by atoms with Gasteiger partial charge in [-0.25, -0.2) is 14.2 Å². The highest BCUT2D eigenvalue weighted by molar-refractivity contribution is 5.42. The van der Waals surface area contributed by atoms with Gasteiger partial charge in [-0.3, -0.25) is 4.68 Å². The van der Waals surface area contributed by atoms with E-state index in [0.29, 0.717) is 12.6 Å². The highest BCUT2D eigenvalue weighted by Gasteiger charge is 2.18. The van der Waals surface area contributed by atoms with Crippen LogP contribution < -0.4 is 5.69 Å². The number of nitrogens with zero attached hydrogens (tertiary/aromatic N) is 5. The van der Waals surface area contributed by atoms with Crippen molar-refractivity contribution in [2.24, 2.45) is 0 Å². The standard InChI is InChI=1S/C19H23N5O/c1-14-7-8-15(2)18(11-14)24-13-20-19(25)23(24)12-16-9-10-22(21-16)17-5-3-4-6-17/h7-11,13,17H,3-6,12H2,1-2H3. The Morgan fingerprint density at radius 2 is 1.96 bits per heavy atom. The fourth-order valence-corrected chi connectivity index (χ4v) is 3.61. The maximum atomic E-state index is 12.3. The Morgan fingerprint density at radius 1 is 1.16 bits per heavy atom. The SMILES string of the molecule is Cc1ccc(C)c(-n2cnc(=O)n2Cc2ccn(C3CCCC3)n2)c1. The second-order valence-electron chi connectivity index (χ2n) is 6.94. The lowest BCUT2D eigenvalue weighted by Gasteiger charge is -2.13. The molecule has 2 heterocycles. The number of aryl methyl sites for hydroxylation is 2. The maximum Gasteiger partial charge on any atom is 0.364 e. The quantitative estimate of drug-likeness (QED) is 0.735. The maximum absolute atomic E-state index is 12.3. The number of hydrogen-bond acceptors (Lipinski definition) is 3. The molecule has 0 unspecified atom stereocenters. The summed E-state index contributed by atoms with van der Waals surface area (Å²) in [6, 6.07) is 8.72. The molecule has 1 fully saturated rings. The highest BCUT2D eigenvalue weighted by atomic mass is 16.2. The summed E-state index contributed by atoms with van der Waals surface area (Å²) in [7, 11) is 0. The van der Waals surface area contributed by atoms with E-state index < -0.39 is 0 Å². The van der Waals surface area contributed by atoms with Gasteiger partial charge in [-0.2, -0.15) is 10.1 Å². The minimum atomic E-state index is -0.253. The predicted octanol–water partition coefficient (Wildman–Crippen LogP) is 3.01. The molecular weight excluding hydrogens is 314 g/mol. The number of hydrogen-bond donors (Lipinski definition) is 0. The summed E-state index contributed by atoms with van der Waals surface area (Å²) in [4.78, 5) is 16.3.